The van der Waals surface area contributed by atoms with E-state index in [0.717, 1.165) is 11.3 Å². The van der Waals surface area contributed by atoms with Gasteiger partial charge in [0.25, 0.3) is 0 Å². The van der Waals surface area contributed by atoms with Gasteiger partial charge in [-0.15, -0.1) is 0 Å². The summed E-state index contributed by atoms with van der Waals surface area (Å²) < 4.78 is 5.05. The van der Waals surface area contributed by atoms with Crippen molar-refractivity contribution in [1.82, 2.24) is 5.32 Å². The number of carbonyl (C=O) groups is 2. The first-order valence-corrected chi connectivity index (χ1v) is 7.87. The van der Waals surface area contributed by atoms with Crippen molar-refractivity contribution in [3.63, 3.8) is 0 Å². The molecule has 0 heterocycles. The first-order valence-electron chi connectivity index (χ1n) is 7.12. The van der Waals surface area contributed by atoms with Crippen molar-refractivity contribution in [1.29, 1.82) is 0 Å². The maximum absolute atomic E-state index is 11.9. The second kappa shape index (κ2) is 8.57. The minimum absolute atomic E-state index is 0.140. The Hall–Kier alpha value is -2.24. The number of carbonyl (C=O) groups excluding carboxylic acids is 2. The molecule has 0 aliphatic carbocycles. The van der Waals surface area contributed by atoms with Crippen LogP contribution in [0, 0.1) is 0 Å². The minimum Gasteiger partial charge on any atom is -0.497 e. The average Bonchev–Trinajstić information content (AvgIpc) is 2.53. The van der Waals surface area contributed by atoms with Gasteiger partial charge in [0.15, 0.2) is 0 Å². The molecule has 0 radical (unpaired) electrons. The molecule has 2 aromatic carbocycles. The van der Waals surface area contributed by atoms with Crippen molar-refractivity contribution in [2.24, 2.45) is 0 Å². The maximum Gasteiger partial charge on any atom is 0.243 e. The number of halogens is 2. The zero-order chi connectivity index (χ0) is 17.5. The van der Waals surface area contributed by atoms with Crippen LogP contribution in [0.4, 0.5) is 5.69 Å². The standard InChI is InChI=1S/C17H16Cl2N2O3/c1-24-15-4-2-11(3-5-15)6-16(22)20-10-17(23)21-14-8-12(18)7-13(19)9-14/h2-5,7-9H,6,10H2,1H3,(H,20,22)(H,21,23). The molecule has 0 saturated carbocycles. The molecule has 0 atom stereocenters. The van der Waals surface area contributed by atoms with Crippen molar-refractivity contribution in [2.75, 3.05) is 19.0 Å². The zero-order valence-electron chi connectivity index (χ0n) is 12.9. The highest BCUT2D eigenvalue weighted by molar-refractivity contribution is 6.35. The molecule has 5 nitrogen and oxygen atoms in total. The van der Waals surface area contributed by atoms with Gasteiger partial charge in [-0.1, -0.05) is 35.3 Å². The number of hydrogen-bond acceptors (Lipinski definition) is 3. The predicted octanol–water partition coefficient (Wildman–Crippen LogP) is 3.30. The molecule has 7 heteroatoms. The fourth-order valence-corrected chi connectivity index (χ4v) is 2.53. The highest BCUT2D eigenvalue weighted by atomic mass is 35.5. The lowest BCUT2D eigenvalue weighted by Gasteiger charge is -2.08. The second-order valence-electron chi connectivity index (χ2n) is 5.01. The maximum atomic E-state index is 11.9. The van der Waals surface area contributed by atoms with E-state index in [1.807, 2.05) is 0 Å². The molecular weight excluding hydrogens is 351 g/mol. The van der Waals surface area contributed by atoms with Gasteiger partial charge in [0, 0.05) is 15.7 Å². The van der Waals surface area contributed by atoms with Crippen LogP contribution in [0.5, 0.6) is 5.75 Å². The number of hydrogen-bond donors (Lipinski definition) is 2. The van der Waals surface area contributed by atoms with Gasteiger partial charge >= 0.3 is 0 Å². The van der Waals surface area contributed by atoms with E-state index in [4.69, 9.17) is 27.9 Å². The van der Waals surface area contributed by atoms with E-state index in [1.54, 1.807) is 49.6 Å². The van der Waals surface area contributed by atoms with Crippen LogP contribution in [-0.2, 0) is 16.0 Å². The largest absolute Gasteiger partial charge is 0.497 e. The van der Waals surface area contributed by atoms with Crippen molar-refractivity contribution in [2.45, 2.75) is 6.42 Å². The first kappa shape index (κ1) is 18.1. The Balaban J connectivity index is 1.81. The Morgan fingerprint density at radius 1 is 1.00 bits per heavy atom. The lowest BCUT2D eigenvalue weighted by molar-refractivity contribution is -0.123. The van der Waals surface area contributed by atoms with Crippen molar-refractivity contribution in [3.8, 4) is 5.75 Å². The topological polar surface area (TPSA) is 67.4 Å². The summed E-state index contributed by atoms with van der Waals surface area (Å²) >= 11 is 11.7. The van der Waals surface area contributed by atoms with Gasteiger partial charge < -0.3 is 15.4 Å². The van der Waals surface area contributed by atoms with Crippen LogP contribution in [0.25, 0.3) is 0 Å². The van der Waals surface area contributed by atoms with Gasteiger partial charge in [0.05, 0.1) is 20.1 Å². The Morgan fingerprint density at radius 3 is 2.21 bits per heavy atom. The monoisotopic (exact) mass is 366 g/mol. The van der Waals surface area contributed by atoms with Crippen LogP contribution in [0.2, 0.25) is 10.0 Å². The summed E-state index contributed by atoms with van der Waals surface area (Å²) in [6.07, 6.45) is 0.181. The molecular formula is C17H16Cl2N2O3. The van der Waals surface area contributed by atoms with Gasteiger partial charge in [-0.2, -0.15) is 0 Å². The molecule has 0 bridgehead atoms. The molecule has 126 valence electrons. The molecule has 0 unspecified atom stereocenters. The number of benzene rings is 2. The van der Waals surface area contributed by atoms with Gasteiger partial charge in [0.2, 0.25) is 11.8 Å². The molecule has 2 aromatic rings. The third kappa shape index (κ3) is 5.76. The SMILES string of the molecule is COc1ccc(CC(=O)NCC(=O)Nc2cc(Cl)cc(Cl)c2)cc1. The van der Waals surface area contributed by atoms with Gasteiger partial charge in [0.1, 0.15) is 5.75 Å². The summed E-state index contributed by atoms with van der Waals surface area (Å²) in [5, 5.41) is 6.02. The smallest absolute Gasteiger partial charge is 0.243 e. The molecule has 2 amide bonds. The molecule has 0 saturated heterocycles. The van der Waals surface area contributed by atoms with Gasteiger partial charge in [-0.05, 0) is 35.9 Å². The Morgan fingerprint density at radius 2 is 1.62 bits per heavy atom. The van der Waals surface area contributed by atoms with Crippen LogP contribution in [0.1, 0.15) is 5.56 Å². The second-order valence-corrected chi connectivity index (χ2v) is 5.88. The summed E-state index contributed by atoms with van der Waals surface area (Å²) in [4.78, 5) is 23.7. The van der Waals surface area contributed by atoms with Crippen LogP contribution >= 0.6 is 23.2 Å². The summed E-state index contributed by atoms with van der Waals surface area (Å²) in [7, 11) is 1.58. The van der Waals surface area contributed by atoms with Crippen LogP contribution in [0.15, 0.2) is 42.5 Å². The van der Waals surface area contributed by atoms with E-state index in [1.165, 1.54) is 0 Å². The number of ether oxygens (including phenoxy) is 1. The lowest BCUT2D eigenvalue weighted by atomic mass is 10.1. The van der Waals surface area contributed by atoms with Crippen molar-refractivity contribution >= 4 is 40.7 Å². The summed E-state index contributed by atoms with van der Waals surface area (Å²) in [5.41, 5.74) is 1.30. The predicted molar refractivity (Wildman–Crippen MR) is 94.8 cm³/mol. The fourth-order valence-electron chi connectivity index (χ4n) is 2.00. The molecule has 2 N–H and O–H groups in total. The number of rotatable bonds is 6. The zero-order valence-corrected chi connectivity index (χ0v) is 14.4. The molecule has 0 aliphatic rings. The molecule has 0 fully saturated rings. The first-order chi connectivity index (χ1) is 11.5. The van der Waals surface area contributed by atoms with E-state index in [-0.39, 0.29) is 24.8 Å². The molecule has 0 aliphatic heterocycles. The third-order valence-electron chi connectivity index (χ3n) is 3.12. The Labute approximate surface area is 149 Å². The van der Waals surface area contributed by atoms with Crippen LogP contribution in [0.3, 0.4) is 0 Å². The van der Waals surface area contributed by atoms with Crippen molar-refractivity contribution < 1.29 is 14.3 Å². The van der Waals surface area contributed by atoms with Gasteiger partial charge in [-0.25, -0.2) is 0 Å². The highest BCUT2D eigenvalue weighted by Gasteiger charge is 2.08. The van der Waals surface area contributed by atoms with Crippen molar-refractivity contribution in [3.05, 3.63) is 58.1 Å². The van der Waals surface area contributed by atoms with Gasteiger partial charge in [-0.3, -0.25) is 9.59 Å². The molecule has 0 aromatic heterocycles. The average molecular weight is 367 g/mol. The number of anilines is 1. The fraction of sp³-hybridized carbons (Fsp3) is 0.176. The summed E-state index contributed by atoms with van der Waals surface area (Å²) in [5.74, 6) is 0.106. The third-order valence-corrected chi connectivity index (χ3v) is 3.55. The minimum atomic E-state index is -0.364. The summed E-state index contributed by atoms with van der Waals surface area (Å²) in [6.45, 7) is -0.140. The highest BCUT2D eigenvalue weighted by Crippen LogP contribution is 2.22. The summed E-state index contributed by atoms with van der Waals surface area (Å²) in [6, 6.07) is 11.9. The molecule has 2 rings (SSSR count). The van der Waals surface area contributed by atoms with Crippen LogP contribution in [-0.4, -0.2) is 25.5 Å². The van der Waals surface area contributed by atoms with E-state index < -0.39 is 0 Å². The molecule has 0 spiro atoms. The van der Waals surface area contributed by atoms with Crippen LogP contribution < -0.4 is 15.4 Å². The van der Waals surface area contributed by atoms with E-state index in [2.05, 4.69) is 10.6 Å². The molecule has 24 heavy (non-hydrogen) atoms. The van der Waals surface area contributed by atoms with E-state index in [0.29, 0.717) is 15.7 Å². The normalized spacial score (nSPS) is 10.1. The number of amides is 2. The van der Waals surface area contributed by atoms with E-state index >= 15 is 0 Å². The Bertz CT molecular complexity index is 713. The Kier molecular flexibility index (Phi) is 6.46. The number of methoxy groups -OCH3 is 1. The van der Waals surface area contributed by atoms with E-state index in [9.17, 15) is 9.59 Å². The number of nitrogens with one attached hydrogen (secondary N) is 2. The quantitative estimate of drug-likeness (QED) is 0.823. The lowest BCUT2D eigenvalue weighted by Crippen LogP contribution is -2.33.